The standard InChI is InChI=1S/C25H26O5S/c1-19-6-16-24(17-7-19)31(26,27)30-18-4-5-25(20-8-12-22(28-2)13-9-20)21-10-14-23(29-3)15-11-21/h5-17H,4,18H2,1-3H3. The zero-order chi connectivity index (χ0) is 22.3. The molecule has 3 aromatic rings. The molecule has 0 bridgehead atoms. The molecule has 5 nitrogen and oxygen atoms in total. The Hall–Kier alpha value is -3.09. The molecule has 0 saturated carbocycles. The van der Waals surface area contributed by atoms with Crippen LogP contribution in [0.3, 0.4) is 0 Å². The van der Waals surface area contributed by atoms with Gasteiger partial charge in [-0.2, -0.15) is 8.42 Å². The highest BCUT2D eigenvalue weighted by Gasteiger charge is 2.14. The molecule has 31 heavy (non-hydrogen) atoms. The summed E-state index contributed by atoms with van der Waals surface area (Å²) in [6.45, 7) is 1.95. The molecule has 3 aromatic carbocycles. The molecule has 0 spiro atoms. The summed E-state index contributed by atoms with van der Waals surface area (Å²) in [6.07, 6.45) is 2.41. The molecule has 0 aliphatic carbocycles. The van der Waals surface area contributed by atoms with Gasteiger partial charge in [0.05, 0.1) is 25.7 Å². The van der Waals surface area contributed by atoms with Gasteiger partial charge < -0.3 is 9.47 Å². The number of hydrogen-bond acceptors (Lipinski definition) is 5. The predicted octanol–water partition coefficient (Wildman–Crippen LogP) is 5.24. The fourth-order valence-corrected chi connectivity index (χ4v) is 4.00. The molecule has 3 rings (SSSR count). The molecular formula is C25H26O5S. The normalized spacial score (nSPS) is 11.1. The topological polar surface area (TPSA) is 61.8 Å². The summed E-state index contributed by atoms with van der Waals surface area (Å²) >= 11 is 0. The van der Waals surface area contributed by atoms with Crippen molar-refractivity contribution in [1.29, 1.82) is 0 Å². The number of benzene rings is 3. The van der Waals surface area contributed by atoms with Gasteiger partial charge in [0.1, 0.15) is 11.5 Å². The van der Waals surface area contributed by atoms with Gasteiger partial charge in [-0.05, 0) is 66.4 Å². The molecule has 0 N–H and O–H groups in total. The summed E-state index contributed by atoms with van der Waals surface area (Å²) in [6, 6.07) is 22.1. The van der Waals surface area contributed by atoms with Gasteiger partial charge in [0.2, 0.25) is 0 Å². The molecule has 0 aromatic heterocycles. The molecule has 0 amide bonds. The van der Waals surface area contributed by atoms with Crippen LogP contribution in [-0.2, 0) is 14.3 Å². The smallest absolute Gasteiger partial charge is 0.296 e. The van der Waals surface area contributed by atoms with E-state index in [0.29, 0.717) is 6.42 Å². The van der Waals surface area contributed by atoms with Crippen molar-refractivity contribution < 1.29 is 22.1 Å². The van der Waals surface area contributed by atoms with E-state index in [-0.39, 0.29) is 11.5 Å². The molecule has 6 heteroatoms. The van der Waals surface area contributed by atoms with Crippen LogP contribution in [0.25, 0.3) is 5.57 Å². The van der Waals surface area contributed by atoms with Crippen molar-refractivity contribution in [2.24, 2.45) is 0 Å². The first-order chi connectivity index (χ1) is 14.9. The quantitative estimate of drug-likeness (QED) is 0.338. The molecule has 0 saturated heterocycles. The summed E-state index contributed by atoms with van der Waals surface area (Å²) in [4.78, 5) is 0.160. The summed E-state index contributed by atoms with van der Waals surface area (Å²) in [7, 11) is -0.532. The maximum Gasteiger partial charge on any atom is 0.296 e. The lowest BCUT2D eigenvalue weighted by Crippen LogP contribution is -2.07. The first-order valence-electron chi connectivity index (χ1n) is 9.88. The number of methoxy groups -OCH3 is 2. The van der Waals surface area contributed by atoms with Crippen LogP contribution in [0.4, 0.5) is 0 Å². The third-order valence-electron chi connectivity index (χ3n) is 4.82. The van der Waals surface area contributed by atoms with Crippen molar-refractivity contribution in [3.63, 3.8) is 0 Å². The van der Waals surface area contributed by atoms with Crippen LogP contribution in [-0.4, -0.2) is 29.2 Å². The number of ether oxygens (including phenoxy) is 2. The molecule has 0 aliphatic heterocycles. The van der Waals surface area contributed by atoms with E-state index < -0.39 is 10.1 Å². The Labute approximate surface area is 184 Å². The maximum atomic E-state index is 12.4. The van der Waals surface area contributed by atoms with Crippen molar-refractivity contribution >= 4 is 15.7 Å². The summed E-state index contributed by atoms with van der Waals surface area (Å²) in [5.41, 5.74) is 3.95. The summed E-state index contributed by atoms with van der Waals surface area (Å²) in [5, 5.41) is 0. The van der Waals surface area contributed by atoms with E-state index in [1.54, 1.807) is 38.5 Å². The van der Waals surface area contributed by atoms with Gasteiger partial charge in [-0.3, -0.25) is 4.18 Å². The van der Waals surface area contributed by atoms with Gasteiger partial charge in [-0.15, -0.1) is 0 Å². The Morgan fingerprint density at radius 1 is 0.774 bits per heavy atom. The first-order valence-corrected chi connectivity index (χ1v) is 11.3. The van der Waals surface area contributed by atoms with Crippen LogP contribution in [0.2, 0.25) is 0 Å². The zero-order valence-corrected chi connectivity index (χ0v) is 18.7. The minimum atomic E-state index is -3.78. The third kappa shape index (κ3) is 5.96. The molecule has 0 heterocycles. The largest absolute Gasteiger partial charge is 0.497 e. The summed E-state index contributed by atoms with van der Waals surface area (Å²) in [5.74, 6) is 1.54. The Morgan fingerprint density at radius 3 is 1.71 bits per heavy atom. The third-order valence-corrected chi connectivity index (χ3v) is 6.14. The van der Waals surface area contributed by atoms with Gasteiger partial charge in [-0.1, -0.05) is 48.0 Å². The van der Waals surface area contributed by atoms with Crippen LogP contribution < -0.4 is 9.47 Å². The molecule has 0 unspecified atom stereocenters. The lowest BCUT2D eigenvalue weighted by molar-refractivity contribution is 0.325. The first kappa shape index (κ1) is 22.6. The summed E-state index contributed by atoms with van der Waals surface area (Å²) < 4.78 is 40.5. The van der Waals surface area contributed by atoms with Gasteiger partial charge >= 0.3 is 0 Å². The Balaban J connectivity index is 1.78. The minimum absolute atomic E-state index is 0.0476. The van der Waals surface area contributed by atoms with Crippen molar-refractivity contribution in [2.75, 3.05) is 20.8 Å². The SMILES string of the molecule is COc1ccc(C(=CCCOS(=O)(=O)c2ccc(C)cc2)c2ccc(OC)cc2)cc1. The lowest BCUT2D eigenvalue weighted by atomic mass is 9.97. The van der Waals surface area contributed by atoms with Gasteiger partial charge in [-0.25, -0.2) is 0 Å². The second-order valence-electron chi connectivity index (χ2n) is 6.95. The van der Waals surface area contributed by atoms with E-state index in [1.807, 2.05) is 61.5 Å². The Kier molecular flexibility index (Phi) is 7.50. The lowest BCUT2D eigenvalue weighted by Gasteiger charge is -2.11. The van der Waals surface area contributed by atoms with E-state index in [4.69, 9.17) is 13.7 Å². The molecule has 0 aliphatic rings. The molecule has 0 atom stereocenters. The number of rotatable bonds is 9. The van der Waals surface area contributed by atoms with E-state index in [0.717, 1.165) is 33.8 Å². The van der Waals surface area contributed by atoms with Crippen molar-refractivity contribution in [3.05, 3.63) is 95.6 Å². The predicted molar refractivity (Wildman–Crippen MR) is 122 cm³/mol. The average Bonchev–Trinajstić information content (AvgIpc) is 2.80. The maximum absolute atomic E-state index is 12.4. The second kappa shape index (κ2) is 10.3. The highest BCUT2D eigenvalue weighted by atomic mass is 32.2. The Bertz CT molecular complexity index is 1060. The number of hydrogen-bond donors (Lipinski definition) is 0. The minimum Gasteiger partial charge on any atom is -0.497 e. The van der Waals surface area contributed by atoms with Gasteiger partial charge in [0, 0.05) is 0 Å². The van der Waals surface area contributed by atoms with Crippen molar-refractivity contribution in [1.82, 2.24) is 0 Å². The highest BCUT2D eigenvalue weighted by molar-refractivity contribution is 7.86. The van der Waals surface area contributed by atoms with Crippen LogP contribution in [0, 0.1) is 6.92 Å². The average molecular weight is 439 g/mol. The van der Waals surface area contributed by atoms with Crippen LogP contribution in [0.15, 0.2) is 83.8 Å². The van der Waals surface area contributed by atoms with Crippen LogP contribution >= 0.6 is 0 Å². The van der Waals surface area contributed by atoms with Gasteiger partial charge in [0.25, 0.3) is 10.1 Å². The molecule has 0 radical (unpaired) electrons. The van der Waals surface area contributed by atoms with Gasteiger partial charge in [0.15, 0.2) is 0 Å². The zero-order valence-electron chi connectivity index (χ0n) is 17.9. The molecule has 162 valence electrons. The molecule has 0 fully saturated rings. The van der Waals surface area contributed by atoms with Crippen molar-refractivity contribution in [3.8, 4) is 11.5 Å². The highest BCUT2D eigenvalue weighted by Crippen LogP contribution is 2.27. The van der Waals surface area contributed by atoms with E-state index in [1.165, 1.54) is 0 Å². The fourth-order valence-electron chi connectivity index (χ4n) is 3.08. The molecular weight excluding hydrogens is 412 g/mol. The second-order valence-corrected chi connectivity index (χ2v) is 8.57. The fraction of sp³-hybridized carbons (Fsp3) is 0.200. The number of aryl methyl sites for hydroxylation is 1. The van der Waals surface area contributed by atoms with E-state index >= 15 is 0 Å². The van der Waals surface area contributed by atoms with Crippen LogP contribution in [0.5, 0.6) is 11.5 Å². The van der Waals surface area contributed by atoms with Crippen LogP contribution in [0.1, 0.15) is 23.1 Å². The van der Waals surface area contributed by atoms with Crippen molar-refractivity contribution in [2.45, 2.75) is 18.2 Å². The van der Waals surface area contributed by atoms with E-state index in [9.17, 15) is 8.42 Å². The Morgan fingerprint density at radius 2 is 1.26 bits per heavy atom. The van der Waals surface area contributed by atoms with E-state index in [2.05, 4.69) is 0 Å². The monoisotopic (exact) mass is 438 g/mol.